The molecule has 2 aliphatic heterocycles. The molecular formula is C22H16F2O3. The fourth-order valence-corrected chi connectivity index (χ4v) is 4.15. The highest BCUT2D eigenvalue weighted by molar-refractivity contribution is 6.16. The second kappa shape index (κ2) is 5.28. The van der Waals surface area contributed by atoms with Gasteiger partial charge >= 0.3 is 0 Å². The van der Waals surface area contributed by atoms with Crippen molar-refractivity contribution in [1.29, 1.82) is 0 Å². The van der Waals surface area contributed by atoms with E-state index in [1.165, 1.54) is 12.1 Å². The zero-order valence-electron chi connectivity index (χ0n) is 14.8. The van der Waals surface area contributed by atoms with Gasteiger partial charge in [0, 0.05) is 27.7 Å². The van der Waals surface area contributed by atoms with Gasteiger partial charge in [0.25, 0.3) is 0 Å². The fourth-order valence-electron chi connectivity index (χ4n) is 4.15. The maximum absolute atomic E-state index is 14.2. The molecule has 1 saturated carbocycles. The summed E-state index contributed by atoms with van der Waals surface area (Å²) in [4.78, 5) is 13.2. The van der Waals surface area contributed by atoms with E-state index in [-0.39, 0.29) is 17.3 Å². The van der Waals surface area contributed by atoms with Gasteiger partial charge in [-0.1, -0.05) is 38.1 Å². The largest absolute Gasteiger partial charge is 0.481 e. The number of fused-ring (bicyclic) bond motifs is 4. The van der Waals surface area contributed by atoms with Crippen LogP contribution in [-0.4, -0.2) is 18.0 Å². The van der Waals surface area contributed by atoms with Gasteiger partial charge in [-0.25, -0.2) is 8.78 Å². The van der Waals surface area contributed by atoms with E-state index in [1.807, 2.05) is 13.8 Å². The van der Waals surface area contributed by atoms with E-state index in [1.54, 1.807) is 36.4 Å². The van der Waals surface area contributed by atoms with Crippen LogP contribution in [0.1, 0.15) is 25.0 Å². The smallest absolute Gasteiger partial charge is 0.192 e. The van der Waals surface area contributed by atoms with Crippen molar-refractivity contribution in [3.05, 3.63) is 70.3 Å². The minimum Gasteiger partial charge on any atom is -0.481 e. The molecule has 2 aromatic carbocycles. The van der Waals surface area contributed by atoms with E-state index in [2.05, 4.69) is 0 Å². The van der Waals surface area contributed by atoms with Crippen molar-refractivity contribution >= 4 is 17.9 Å². The van der Waals surface area contributed by atoms with Gasteiger partial charge in [0.05, 0.1) is 0 Å². The number of para-hydroxylation sites is 2. The van der Waals surface area contributed by atoms with Gasteiger partial charge < -0.3 is 9.47 Å². The van der Waals surface area contributed by atoms with Gasteiger partial charge in [-0.05, 0) is 24.3 Å². The van der Waals surface area contributed by atoms with E-state index in [0.717, 1.165) is 0 Å². The summed E-state index contributed by atoms with van der Waals surface area (Å²) < 4.78 is 40.4. The number of carbonyl (C=O) groups is 1. The third-order valence-corrected chi connectivity index (χ3v) is 5.53. The Labute approximate surface area is 154 Å². The molecule has 3 nitrogen and oxygen atoms in total. The SMILES string of the molecule is CC1(C)[C@@H]2Oc3c(F)cccc3C=C2C(=O)C2=Cc3cccc(F)c3O[C@H]21. The molecule has 27 heavy (non-hydrogen) atoms. The number of ether oxygens (including phenoxy) is 2. The molecule has 0 unspecified atom stereocenters. The molecular weight excluding hydrogens is 350 g/mol. The number of hydrogen-bond acceptors (Lipinski definition) is 3. The van der Waals surface area contributed by atoms with Crippen molar-refractivity contribution in [3.63, 3.8) is 0 Å². The lowest BCUT2D eigenvalue weighted by atomic mass is 9.65. The molecule has 136 valence electrons. The third-order valence-electron chi connectivity index (χ3n) is 5.53. The van der Waals surface area contributed by atoms with Gasteiger partial charge in [-0.2, -0.15) is 0 Å². The van der Waals surface area contributed by atoms with E-state index in [9.17, 15) is 13.6 Å². The number of benzene rings is 2. The average Bonchev–Trinajstić information content (AvgIpc) is 2.65. The number of rotatable bonds is 0. The monoisotopic (exact) mass is 366 g/mol. The number of hydrogen-bond donors (Lipinski definition) is 0. The van der Waals surface area contributed by atoms with Crippen molar-refractivity contribution in [2.45, 2.75) is 26.1 Å². The van der Waals surface area contributed by atoms with Crippen LogP contribution in [0.3, 0.4) is 0 Å². The van der Waals surface area contributed by atoms with Gasteiger partial charge in [0.15, 0.2) is 28.9 Å². The molecule has 0 N–H and O–H groups in total. The molecule has 1 fully saturated rings. The molecule has 0 bridgehead atoms. The molecule has 5 rings (SSSR count). The highest BCUT2D eigenvalue weighted by atomic mass is 19.1. The zero-order chi connectivity index (χ0) is 18.9. The van der Waals surface area contributed by atoms with E-state index in [0.29, 0.717) is 22.3 Å². The standard InChI is InChI=1S/C22H16F2O3/c1-22(2)20-13(9-11-5-3-7-15(23)18(11)26-20)17(25)14-10-12-6-4-8-16(24)19(12)27-21(14)22/h3-10,20-21H,1-2H3/t20-,21-/m1/s1. The minimum atomic E-state index is -0.717. The Morgan fingerprint density at radius 2 is 1.26 bits per heavy atom. The Morgan fingerprint density at radius 3 is 1.70 bits per heavy atom. The van der Waals surface area contributed by atoms with Crippen molar-refractivity contribution < 1.29 is 23.0 Å². The molecule has 0 saturated heterocycles. The highest BCUT2D eigenvalue weighted by Gasteiger charge is 2.54. The quantitative estimate of drug-likeness (QED) is 0.686. The third kappa shape index (κ3) is 2.14. The lowest BCUT2D eigenvalue weighted by Crippen LogP contribution is -2.56. The van der Waals surface area contributed by atoms with Crippen molar-refractivity contribution in [2.24, 2.45) is 5.41 Å². The Morgan fingerprint density at radius 1 is 0.815 bits per heavy atom. The summed E-state index contributed by atoms with van der Waals surface area (Å²) in [6.07, 6.45) is 2.00. The minimum absolute atomic E-state index is 0.127. The Hall–Kier alpha value is -2.95. The maximum Gasteiger partial charge on any atom is 0.192 e. The van der Waals surface area contributed by atoms with Crippen molar-refractivity contribution in [3.8, 4) is 11.5 Å². The van der Waals surface area contributed by atoms with Crippen LogP contribution in [0, 0.1) is 17.0 Å². The second-order valence-corrected chi connectivity index (χ2v) is 7.66. The summed E-state index contributed by atoms with van der Waals surface area (Å²) in [5, 5.41) is 0. The number of Topliss-reactive ketones (excluding diaryl/α,β-unsaturated/α-hetero) is 1. The highest BCUT2D eigenvalue weighted by Crippen LogP contribution is 2.50. The molecule has 5 heteroatoms. The lowest BCUT2D eigenvalue weighted by Gasteiger charge is -2.48. The van der Waals surface area contributed by atoms with Gasteiger partial charge in [-0.3, -0.25) is 4.79 Å². The normalized spacial score (nSPS) is 24.2. The van der Waals surface area contributed by atoms with Crippen LogP contribution in [-0.2, 0) is 4.79 Å². The Balaban J connectivity index is 1.70. The maximum atomic E-state index is 14.2. The van der Waals surface area contributed by atoms with Gasteiger partial charge in [-0.15, -0.1) is 0 Å². The predicted molar refractivity (Wildman–Crippen MR) is 96.4 cm³/mol. The van der Waals surface area contributed by atoms with E-state index in [4.69, 9.17) is 9.47 Å². The lowest BCUT2D eigenvalue weighted by molar-refractivity contribution is -0.119. The summed E-state index contributed by atoms with van der Waals surface area (Å²) in [7, 11) is 0. The fraction of sp³-hybridized carbons (Fsp3) is 0.227. The first-order valence-electron chi connectivity index (χ1n) is 8.76. The van der Waals surface area contributed by atoms with E-state index < -0.39 is 29.3 Å². The Kier molecular flexibility index (Phi) is 3.18. The van der Waals surface area contributed by atoms with Crippen LogP contribution in [0.4, 0.5) is 8.78 Å². The van der Waals surface area contributed by atoms with Crippen molar-refractivity contribution in [1.82, 2.24) is 0 Å². The first-order valence-corrected chi connectivity index (χ1v) is 8.76. The molecule has 1 aliphatic carbocycles. The van der Waals surface area contributed by atoms with Gasteiger partial charge in [0.2, 0.25) is 0 Å². The molecule has 0 spiro atoms. The van der Waals surface area contributed by atoms with Crippen molar-refractivity contribution in [2.75, 3.05) is 0 Å². The van der Waals surface area contributed by atoms with Crippen LogP contribution in [0.2, 0.25) is 0 Å². The number of carbonyl (C=O) groups excluding carboxylic acids is 1. The first kappa shape index (κ1) is 16.2. The predicted octanol–water partition coefficient (Wildman–Crippen LogP) is 4.56. The van der Waals surface area contributed by atoms with Crippen LogP contribution < -0.4 is 9.47 Å². The van der Waals surface area contributed by atoms with Crippen LogP contribution in [0.5, 0.6) is 11.5 Å². The number of halogens is 2. The average molecular weight is 366 g/mol. The summed E-state index contributed by atoms with van der Waals surface area (Å²) in [5.41, 5.74) is 1.28. The van der Waals surface area contributed by atoms with Crippen LogP contribution >= 0.6 is 0 Å². The first-order chi connectivity index (χ1) is 12.9. The summed E-state index contributed by atoms with van der Waals surface area (Å²) >= 11 is 0. The molecule has 2 atom stereocenters. The summed E-state index contributed by atoms with van der Waals surface area (Å²) in [6.45, 7) is 3.77. The second-order valence-electron chi connectivity index (χ2n) is 7.66. The van der Waals surface area contributed by atoms with Crippen LogP contribution in [0.15, 0.2) is 47.5 Å². The molecule has 0 aromatic heterocycles. The zero-order valence-corrected chi connectivity index (χ0v) is 14.8. The Bertz CT molecular complexity index is 984. The molecule has 2 aromatic rings. The molecule has 2 heterocycles. The number of ketones is 1. The summed E-state index contributed by atoms with van der Waals surface area (Å²) in [6, 6.07) is 9.23. The summed E-state index contributed by atoms with van der Waals surface area (Å²) in [5.74, 6) is -0.917. The molecule has 3 aliphatic rings. The molecule has 0 radical (unpaired) electrons. The molecule has 0 amide bonds. The van der Waals surface area contributed by atoms with E-state index >= 15 is 0 Å². The van der Waals surface area contributed by atoms with Gasteiger partial charge in [0.1, 0.15) is 12.2 Å². The topological polar surface area (TPSA) is 35.5 Å². The van der Waals surface area contributed by atoms with Crippen LogP contribution in [0.25, 0.3) is 12.2 Å².